The predicted molar refractivity (Wildman–Crippen MR) is 68.4 cm³/mol. The average Bonchev–Trinajstić information content (AvgIpc) is 2.39. The van der Waals surface area contributed by atoms with E-state index in [0.29, 0.717) is 6.54 Å². The molecule has 0 radical (unpaired) electrons. The standard InChI is InChI=1S/C13H14N4/c1-3-11-4-5-13(16-7-11)17-9-12-8-14-10(2)6-15-12/h3-8H,1,9H2,2H3,(H,16,17). The van der Waals surface area contributed by atoms with Crippen LogP contribution in [-0.4, -0.2) is 15.0 Å². The summed E-state index contributed by atoms with van der Waals surface area (Å²) in [5.41, 5.74) is 2.82. The molecule has 0 aliphatic heterocycles. The van der Waals surface area contributed by atoms with Gasteiger partial charge in [0.1, 0.15) is 5.82 Å². The van der Waals surface area contributed by atoms with Crippen molar-refractivity contribution in [2.75, 3.05) is 5.32 Å². The second-order valence-electron chi connectivity index (χ2n) is 3.68. The van der Waals surface area contributed by atoms with Crippen molar-refractivity contribution in [1.82, 2.24) is 15.0 Å². The van der Waals surface area contributed by atoms with Gasteiger partial charge in [-0.3, -0.25) is 9.97 Å². The Labute approximate surface area is 100 Å². The number of aromatic nitrogens is 3. The van der Waals surface area contributed by atoms with Crippen molar-refractivity contribution in [3.63, 3.8) is 0 Å². The van der Waals surface area contributed by atoms with Crippen molar-refractivity contribution < 1.29 is 0 Å². The number of rotatable bonds is 4. The van der Waals surface area contributed by atoms with E-state index in [4.69, 9.17) is 0 Å². The van der Waals surface area contributed by atoms with E-state index in [1.807, 2.05) is 19.1 Å². The van der Waals surface area contributed by atoms with Crippen LogP contribution in [0.2, 0.25) is 0 Å². The number of nitrogens with zero attached hydrogens (tertiary/aromatic N) is 3. The van der Waals surface area contributed by atoms with Crippen LogP contribution in [0.25, 0.3) is 6.08 Å². The maximum absolute atomic E-state index is 4.26. The van der Waals surface area contributed by atoms with E-state index in [9.17, 15) is 0 Å². The van der Waals surface area contributed by atoms with Crippen molar-refractivity contribution in [2.45, 2.75) is 13.5 Å². The summed E-state index contributed by atoms with van der Waals surface area (Å²) in [6.45, 7) is 6.22. The van der Waals surface area contributed by atoms with Gasteiger partial charge < -0.3 is 5.32 Å². The summed E-state index contributed by atoms with van der Waals surface area (Å²) in [6, 6.07) is 3.88. The Balaban J connectivity index is 1.97. The van der Waals surface area contributed by atoms with Gasteiger partial charge in [0.15, 0.2) is 0 Å². The Morgan fingerprint density at radius 2 is 2.06 bits per heavy atom. The highest BCUT2D eigenvalue weighted by Gasteiger charge is 1.97. The maximum atomic E-state index is 4.26. The molecule has 0 aliphatic carbocycles. The second kappa shape index (κ2) is 5.21. The fraction of sp³-hybridized carbons (Fsp3) is 0.154. The van der Waals surface area contributed by atoms with E-state index in [-0.39, 0.29) is 0 Å². The summed E-state index contributed by atoms with van der Waals surface area (Å²) in [6.07, 6.45) is 7.06. The molecule has 0 unspecified atom stereocenters. The zero-order valence-electron chi connectivity index (χ0n) is 9.72. The van der Waals surface area contributed by atoms with Crippen LogP contribution in [0.1, 0.15) is 17.0 Å². The van der Waals surface area contributed by atoms with E-state index in [1.54, 1.807) is 24.7 Å². The van der Waals surface area contributed by atoms with E-state index in [1.165, 1.54) is 0 Å². The average molecular weight is 226 g/mol. The number of hydrogen-bond acceptors (Lipinski definition) is 4. The molecule has 0 amide bonds. The molecule has 86 valence electrons. The van der Waals surface area contributed by atoms with Crippen LogP contribution in [0, 0.1) is 6.92 Å². The third-order valence-corrected chi connectivity index (χ3v) is 2.31. The molecule has 0 fully saturated rings. The smallest absolute Gasteiger partial charge is 0.126 e. The van der Waals surface area contributed by atoms with Gasteiger partial charge in [0.25, 0.3) is 0 Å². The molecule has 4 heteroatoms. The largest absolute Gasteiger partial charge is 0.364 e. The summed E-state index contributed by atoms with van der Waals surface area (Å²) in [5, 5.41) is 3.18. The maximum Gasteiger partial charge on any atom is 0.126 e. The molecular formula is C13H14N4. The summed E-state index contributed by atoms with van der Waals surface area (Å²) >= 11 is 0. The molecule has 2 aromatic rings. The second-order valence-corrected chi connectivity index (χ2v) is 3.68. The first-order valence-electron chi connectivity index (χ1n) is 5.38. The molecule has 2 heterocycles. The first-order valence-corrected chi connectivity index (χ1v) is 5.38. The molecule has 0 aliphatic rings. The van der Waals surface area contributed by atoms with Crippen molar-refractivity contribution in [3.8, 4) is 0 Å². The van der Waals surface area contributed by atoms with Crippen LogP contribution in [0.4, 0.5) is 5.82 Å². The SMILES string of the molecule is C=Cc1ccc(NCc2cnc(C)cn2)nc1. The minimum atomic E-state index is 0.619. The van der Waals surface area contributed by atoms with Gasteiger partial charge in [-0.1, -0.05) is 12.7 Å². The molecule has 0 spiro atoms. The van der Waals surface area contributed by atoms with Gasteiger partial charge in [-0.15, -0.1) is 0 Å². The fourth-order valence-electron chi connectivity index (χ4n) is 1.32. The van der Waals surface area contributed by atoms with Crippen LogP contribution in [0.5, 0.6) is 0 Å². The van der Waals surface area contributed by atoms with Crippen molar-refractivity contribution in [1.29, 1.82) is 0 Å². The first-order chi connectivity index (χ1) is 8.28. The summed E-state index contributed by atoms with van der Waals surface area (Å²) in [5.74, 6) is 0.818. The van der Waals surface area contributed by atoms with Crippen molar-refractivity contribution >= 4 is 11.9 Å². The van der Waals surface area contributed by atoms with Gasteiger partial charge in [-0.05, 0) is 24.6 Å². The first kappa shape index (κ1) is 11.3. The van der Waals surface area contributed by atoms with Gasteiger partial charge in [-0.25, -0.2) is 4.98 Å². The van der Waals surface area contributed by atoms with Gasteiger partial charge in [-0.2, -0.15) is 0 Å². The van der Waals surface area contributed by atoms with E-state index >= 15 is 0 Å². The number of hydrogen-bond donors (Lipinski definition) is 1. The molecule has 2 aromatic heterocycles. The highest BCUT2D eigenvalue weighted by atomic mass is 15.0. The van der Waals surface area contributed by atoms with Crippen LogP contribution in [0.3, 0.4) is 0 Å². The van der Waals surface area contributed by atoms with Gasteiger partial charge in [0, 0.05) is 12.4 Å². The Bertz CT molecular complexity index is 488. The van der Waals surface area contributed by atoms with Crippen LogP contribution in [0.15, 0.2) is 37.3 Å². The van der Waals surface area contributed by atoms with Gasteiger partial charge >= 0.3 is 0 Å². The molecule has 1 N–H and O–H groups in total. The minimum Gasteiger partial charge on any atom is -0.364 e. The van der Waals surface area contributed by atoms with Crippen molar-refractivity contribution in [3.05, 3.63) is 54.3 Å². The highest BCUT2D eigenvalue weighted by molar-refractivity contribution is 5.48. The molecule has 0 aromatic carbocycles. The lowest BCUT2D eigenvalue weighted by Gasteiger charge is -2.05. The molecule has 0 atom stereocenters. The zero-order chi connectivity index (χ0) is 12.1. The third-order valence-electron chi connectivity index (χ3n) is 2.31. The van der Waals surface area contributed by atoms with Gasteiger partial charge in [0.2, 0.25) is 0 Å². The Kier molecular flexibility index (Phi) is 3.45. The summed E-state index contributed by atoms with van der Waals surface area (Å²) < 4.78 is 0. The van der Waals surface area contributed by atoms with Crippen molar-refractivity contribution in [2.24, 2.45) is 0 Å². The van der Waals surface area contributed by atoms with E-state index in [2.05, 4.69) is 26.8 Å². The van der Waals surface area contributed by atoms with Gasteiger partial charge in [0.05, 0.1) is 24.1 Å². The molecule has 2 rings (SSSR count). The molecule has 0 bridgehead atoms. The summed E-state index contributed by atoms with van der Waals surface area (Å²) in [4.78, 5) is 12.7. The Morgan fingerprint density at radius 1 is 1.18 bits per heavy atom. The predicted octanol–water partition coefficient (Wildman–Crippen LogP) is 2.44. The molecule has 0 saturated heterocycles. The third kappa shape index (κ3) is 3.11. The minimum absolute atomic E-state index is 0.619. The normalized spacial score (nSPS) is 9.94. The quantitative estimate of drug-likeness (QED) is 0.870. The van der Waals surface area contributed by atoms with E-state index in [0.717, 1.165) is 22.8 Å². The van der Waals surface area contributed by atoms with Crippen LogP contribution in [-0.2, 0) is 6.54 Å². The highest BCUT2D eigenvalue weighted by Crippen LogP contribution is 2.07. The van der Waals surface area contributed by atoms with Crippen LogP contribution < -0.4 is 5.32 Å². The fourth-order valence-corrected chi connectivity index (χ4v) is 1.32. The number of pyridine rings is 1. The number of anilines is 1. The number of aryl methyl sites for hydroxylation is 1. The topological polar surface area (TPSA) is 50.7 Å². The Morgan fingerprint density at radius 3 is 2.65 bits per heavy atom. The lowest BCUT2D eigenvalue weighted by Crippen LogP contribution is -2.03. The van der Waals surface area contributed by atoms with E-state index < -0.39 is 0 Å². The zero-order valence-corrected chi connectivity index (χ0v) is 9.72. The number of nitrogens with one attached hydrogen (secondary N) is 1. The Hall–Kier alpha value is -2.23. The lowest BCUT2D eigenvalue weighted by atomic mass is 10.3. The lowest BCUT2D eigenvalue weighted by molar-refractivity contribution is 0.976. The summed E-state index contributed by atoms with van der Waals surface area (Å²) in [7, 11) is 0. The monoisotopic (exact) mass is 226 g/mol. The molecular weight excluding hydrogens is 212 g/mol. The molecule has 0 saturated carbocycles. The molecule has 4 nitrogen and oxygen atoms in total. The van der Waals surface area contributed by atoms with Crippen LogP contribution >= 0.6 is 0 Å². The molecule has 17 heavy (non-hydrogen) atoms.